The molecule has 2 nitrogen and oxygen atoms in total. The standard InChI is InChI=1S/C9H11BrClNOS/c1-6(2)13-12-9(11)5-7-3-4-8(10)14-7/h3-6,12H,1-2H3. The number of nitrogens with one attached hydrogen (secondary N) is 1. The average molecular weight is 297 g/mol. The van der Waals surface area contributed by atoms with Gasteiger partial charge in [-0.25, -0.2) is 0 Å². The Morgan fingerprint density at radius 3 is 2.86 bits per heavy atom. The van der Waals surface area contributed by atoms with Crippen molar-refractivity contribution in [2.45, 2.75) is 20.0 Å². The van der Waals surface area contributed by atoms with Gasteiger partial charge in [-0.1, -0.05) is 11.6 Å². The van der Waals surface area contributed by atoms with Crippen LogP contribution in [0.3, 0.4) is 0 Å². The van der Waals surface area contributed by atoms with E-state index in [1.807, 2.05) is 32.1 Å². The maximum absolute atomic E-state index is 5.89. The molecule has 0 fully saturated rings. The predicted molar refractivity (Wildman–Crippen MR) is 65.2 cm³/mol. The summed E-state index contributed by atoms with van der Waals surface area (Å²) in [5.41, 5.74) is 2.66. The maximum atomic E-state index is 5.89. The molecule has 0 atom stereocenters. The Labute approximate surface area is 101 Å². The Hall–Kier alpha value is -0.0300. The summed E-state index contributed by atoms with van der Waals surface area (Å²) in [5, 5.41) is 0.480. The van der Waals surface area contributed by atoms with Gasteiger partial charge in [-0.2, -0.15) is 0 Å². The molecule has 1 N–H and O–H groups in total. The van der Waals surface area contributed by atoms with E-state index in [-0.39, 0.29) is 6.10 Å². The van der Waals surface area contributed by atoms with Crippen molar-refractivity contribution in [3.8, 4) is 0 Å². The number of hydrogen-bond donors (Lipinski definition) is 1. The van der Waals surface area contributed by atoms with Gasteiger partial charge in [0.2, 0.25) is 0 Å². The first-order chi connectivity index (χ1) is 6.58. The van der Waals surface area contributed by atoms with E-state index in [2.05, 4.69) is 21.4 Å². The lowest BCUT2D eigenvalue weighted by atomic mass is 10.4. The Bertz CT molecular complexity index is 324. The molecule has 0 saturated heterocycles. The van der Waals surface area contributed by atoms with Gasteiger partial charge in [0.25, 0.3) is 0 Å². The summed E-state index contributed by atoms with van der Waals surface area (Å²) in [6, 6.07) is 3.96. The Morgan fingerprint density at radius 2 is 2.36 bits per heavy atom. The minimum Gasteiger partial charge on any atom is -0.273 e. The minimum atomic E-state index is 0.104. The summed E-state index contributed by atoms with van der Waals surface area (Å²) in [6.45, 7) is 3.86. The van der Waals surface area contributed by atoms with Crippen molar-refractivity contribution in [3.05, 3.63) is 26.0 Å². The van der Waals surface area contributed by atoms with E-state index in [1.54, 1.807) is 11.3 Å². The molecule has 0 unspecified atom stereocenters. The van der Waals surface area contributed by atoms with Crippen LogP contribution in [0.4, 0.5) is 0 Å². The molecule has 5 heteroatoms. The minimum absolute atomic E-state index is 0.104. The SMILES string of the molecule is CC(C)ONC(Cl)=Cc1ccc(Br)s1. The van der Waals surface area contributed by atoms with Crippen molar-refractivity contribution in [2.75, 3.05) is 0 Å². The fraction of sp³-hybridized carbons (Fsp3) is 0.333. The fourth-order valence-corrected chi connectivity index (χ4v) is 2.33. The Morgan fingerprint density at radius 1 is 1.64 bits per heavy atom. The van der Waals surface area contributed by atoms with Crippen molar-refractivity contribution < 1.29 is 4.84 Å². The molecule has 0 aromatic carbocycles. The first-order valence-corrected chi connectivity index (χ1v) is 6.11. The molecular formula is C9H11BrClNOS. The molecule has 78 valence electrons. The summed E-state index contributed by atoms with van der Waals surface area (Å²) in [5.74, 6) is 0. The van der Waals surface area contributed by atoms with Gasteiger partial charge in [0.15, 0.2) is 0 Å². The second-order valence-electron chi connectivity index (χ2n) is 2.90. The highest BCUT2D eigenvalue weighted by Crippen LogP contribution is 2.24. The van der Waals surface area contributed by atoms with Crippen LogP contribution in [0.15, 0.2) is 21.1 Å². The molecular weight excluding hydrogens is 286 g/mol. The molecule has 14 heavy (non-hydrogen) atoms. The Balaban J connectivity index is 2.51. The van der Waals surface area contributed by atoms with Crippen LogP contribution >= 0.6 is 38.9 Å². The van der Waals surface area contributed by atoms with E-state index in [1.165, 1.54) is 0 Å². The van der Waals surface area contributed by atoms with Crippen LogP contribution in [0.1, 0.15) is 18.7 Å². The van der Waals surface area contributed by atoms with Crippen LogP contribution in [0.2, 0.25) is 0 Å². The molecule has 0 aliphatic carbocycles. The van der Waals surface area contributed by atoms with E-state index in [0.29, 0.717) is 5.16 Å². The normalized spacial score (nSPS) is 12.2. The van der Waals surface area contributed by atoms with Crippen LogP contribution in [0.25, 0.3) is 6.08 Å². The maximum Gasteiger partial charge on any atom is 0.127 e. The first kappa shape index (κ1) is 12.0. The lowest BCUT2D eigenvalue weighted by Gasteiger charge is -2.07. The lowest BCUT2D eigenvalue weighted by Crippen LogP contribution is -2.16. The first-order valence-electron chi connectivity index (χ1n) is 4.12. The molecule has 1 aromatic rings. The summed E-state index contributed by atoms with van der Waals surface area (Å²) in [4.78, 5) is 6.20. The molecule has 1 rings (SSSR count). The fourth-order valence-electron chi connectivity index (χ4n) is 0.734. The quantitative estimate of drug-likeness (QED) is 0.670. The van der Waals surface area contributed by atoms with Crippen molar-refractivity contribution in [1.29, 1.82) is 0 Å². The summed E-state index contributed by atoms with van der Waals surface area (Å²) < 4.78 is 1.08. The third-order valence-electron chi connectivity index (χ3n) is 1.26. The zero-order valence-corrected chi connectivity index (χ0v) is 11.0. The smallest absolute Gasteiger partial charge is 0.127 e. The number of halogens is 2. The van der Waals surface area contributed by atoms with Gasteiger partial charge in [0.1, 0.15) is 5.16 Å². The highest BCUT2D eigenvalue weighted by atomic mass is 79.9. The lowest BCUT2D eigenvalue weighted by molar-refractivity contribution is 0.0189. The van der Waals surface area contributed by atoms with E-state index < -0.39 is 0 Å². The highest BCUT2D eigenvalue weighted by Gasteiger charge is 1.98. The van der Waals surface area contributed by atoms with E-state index in [4.69, 9.17) is 16.4 Å². The van der Waals surface area contributed by atoms with Crippen molar-refractivity contribution in [2.24, 2.45) is 0 Å². The van der Waals surface area contributed by atoms with Gasteiger partial charge < -0.3 is 0 Å². The predicted octanol–water partition coefficient (Wildman–Crippen LogP) is 3.98. The molecule has 0 aliphatic rings. The average Bonchev–Trinajstić information content (AvgIpc) is 2.48. The topological polar surface area (TPSA) is 21.3 Å². The molecule has 0 amide bonds. The van der Waals surface area contributed by atoms with Crippen LogP contribution in [-0.2, 0) is 4.84 Å². The van der Waals surface area contributed by atoms with Gasteiger partial charge in [-0.05, 0) is 48.0 Å². The van der Waals surface area contributed by atoms with Gasteiger partial charge in [0.05, 0.1) is 9.89 Å². The van der Waals surface area contributed by atoms with Crippen LogP contribution in [0.5, 0.6) is 0 Å². The van der Waals surface area contributed by atoms with Crippen LogP contribution in [-0.4, -0.2) is 6.10 Å². The van der Waals surface area contributed by atoms with Gasteiger partial charge in [0, 0.05) is 4.88 Å². The molecule has 1 heterocycles. The molecule has 0 saturated carbocycles. The third kappa shape index (κ3) is 4.46. The van der Waals surface area contributed by atoms with E-state index in [0.717, 1.165) is 8.66 Å². The van der Waals surface area contributed by atoms with E-state index in [9.17, 15) is 0 Å². The second kappa shape index (κ2) is 5.75. The molecule has 0 bridgehead atoms. The van der Waals surface area contributed by atoms with Crippen molar-refractivity contribution in [1.82, 2.24) is 5.48 Å². The third-order valence-corrected chi connectivity index (χ3v) is 3.01. The van der Waals surface area contributed by atoms with Gasteiger partial charge >= 0.3 is 0 Å². The zero-order valence-electron chi connectivity index (χ0n) is 7.88. The zero-order chi connectivity index (χ0) is 10.6. The van der Waals surface area contributed by atoms with Crippen molar-refractivity contribution >= 4 is 44.9 Å². The summed E-state index contributed by atoms with van der Waals surface area (Å²) >= 11 is 10.9. The summed E-state index contributed by atoms with van der Waals surface area (Å²) in [7, 11) is 0. The molecule has 0 radical (unpaired) electrons. The largest absolute Gasteiger partial charge is 0.273 e. The van der Waals surface area contributed by atoms with E-state index >= 15 is 0 Å². The van der Waals surface area contributed by atoms with Crippen molar-refractivity contribution in [3.63, 3.8) is 0 Å². The van der Waals surface area contributed by atoms with Crippen LogP contribution in [0, 0.1) is 0 Å². The molecule has 0 aliphatic heterocycles. The number of rotatable bonds is 4. The Kier molecular flexibility index (Phi) is 4.95. The van der Waals surface area contributed by atoms with Gasteiger partial charge in [-0.3, -0.25) is 10.3 Å². The number of hydroxylamine groups is 1. The summed E-state index contributed by atoms with van der Waals surface area (Å²) in [6.07, 6.45) is 1.92. The molecule has 1 aromatic heterocycles. The highest BCUT2D eigenvalue weighted by molar-refractivity contribution is 9.11. The van der Waals surface area contributed by atoms with Gasteiger partial charge in [-0.15, -0.1) is 11.3 Å². The number of hydrogen-bond acceptors (Lipinski definition) is 3. The van der Waals surface area contributed by atoms with Crippen LogP contribution < -0.4 is 5.48 Å². The number of thiophene rings is 1. The monoisotopic (exact) mass is 295 g/mol. The molecule has 0 spiro atoms. The second-order valence-corrected chi connectivity index (χ2v) is 5.80.